The molecule has 38 heavy (non-hydrogen) atoms. The number of thioether (sulfide) groups is 1. The highest BCUT2D eigenvalue weighted by Crippen LogP contribution is 2.35. The number of fused-ring (bicyclic) bond motifs is 1. The predicted molar refractivity (Wildman–Crippen MR) is 148 cm³/mol. The second kappa shape index (κ2) is 10.9. The van der Waals surface area contributed by atoms with Crippen LogP contribution in [-0.2, 0) is 14.9 Å². The molecule has 0 radical (unpaired) electrons. The van der Waals surface area contributed by atoms with Crippen LogP contribution in [0, 0.1) is 0 Å². The molecule has 5 rings (SSSR count). The maximum absolute atomic E-state index is 13.1. The van der Waals surface area contributed by atoms with Gasteiger partial charge in [0.15, 0.2) is 0 Å². The van der Waals surface area contributed by atoms with Crippen LogP contribution in [0.4, 0.5) is 4.79 Å². The van der Waals surface area contributed by atoms with E-state index in [1.807, 2.05) is 24.3 Å². The van der Waals surface area contributed by atoms with Gasteiger partial charge in [-0.25, -0.2) is 0 Å². The summed E-state index contributed by atoms with van der Waals surface area (Å²) < 4.78 is 37.2. The third-order valence-corrected chi connectivity index (χ3v) is 8.15. The Balaban J connectivity index is 1.33. The first-order chi connectivity index (χ1) is 18.3. The molecule has 1 heterocycles. The van der Waals surface area contributed by atoms with Crippen LogP contribution < -0.4 is 8.92 Å². The zero-order chi connectivity index (χ0) is 26.7. The van der Waals surface area contributed by atoms with Gasteiger partial charge < -0.3 is 8.92 Å². The number of hydrogen-bond donors (Lipinski definition) is 0. The van der Waals surface area contributed by atoms with E-state index in [0.29, 0.717) is 16.3 Å². The minimum absolute atomic E-state index is 0.00449. The highest BCUT2D eigenvalue weighted by Gasteiger charge is 2.35. The van der Waals surface area contributed by atoms with E-state index >= 15 is 0 Å². The summed E-state index contributed by atoms with van der Waals surface area (Å²) in [6.45, 7) is 0.0977. The average Bonchev–Trinajstić information content (AvgIpc) is 3.17. The van der Waals surface area contributed by atoms with Gasteiger partial charge in [0.05, 0.1) is 16.5 Å². The molecule has 1 aliphatic heterocycles. The van der Waals surface area contributed by atoms with Crippen LogP contribution in [0.5, 0.6) is 11.5 Å². The zero-order valence-electron chi connectivity index (χ0n) is 19.7. The summed E-state index contributed by atoms with van der Waals surface area (Å²) in [6.07, 6.45) is 1.45. The molecular formula is C28H20ClNO6S2. The lowest BCUT2D eigenvalue weighted by Crippen LogP contribution is -2.32. The van der Waals surface area contributed by atoms with Gasteiger partial charge >= 0.3 is 10.1 Å². The largest absolute Gasteiger partial charge is 0.490 e. The molecule has 1 aliphatic rings. The van der Waals surface area contributed by atoms with Crippen molar-refractivity contribution in [3.05, 3.63) is 106 Å². The molecule has 0 atom stereocenters. The minimum atomic E-state index is -4.16. The molecule has 0 spiro atoms. The zero-order valence-corrected chi connectivity index (χ0v) is 22.1. The van der Waals surface area contributed by atoms with Crippen molar-refractivity contribution in [2.24, 2.45) is 0 Å². The molecule has 0 aliphatic carbocycles. The number of halogens is 1. The molecular weight excluding hydrogens is 546 g/mol. The van der Waals surface area contributed by atoms with Crippen molar-refractivity contribution in [1.82, 2.24) is 4.90 Å². The standard InChI is InChI=1S/C28H20ClNO6S2/c29-23-10-4-6-12-25(23)35-16-15-30-27(31)26(37-28(30)32)18-21-9-3-5-11-24(21)36-38(33,34)22-14-13-19-7-1-2-8-20(19)17-22/h1-14,17-18H,15-16H2/b26-18-. The minimum Gasteiger partial charge on any atom is -0.490 e. The molecule has 4 aromatic rings. The summed E-state index contributed by atoms with van der Waals surface area (Å²) in [4.78, 5) is 26.7. The van der Waals surface area contributed by atoms with Gasteiger partial charge in [-0.15, -0.1) is 0 Å². The van der Waals surface area contributed by atoms with Crippen LogP contribution in [0.2, 0.25) is 5.02 Å². The number of nitrogens with zero attached hydrogens (tertiary/aromatic N) is 1. The molecule has 192 valence electrons. The molecule has 1 saturated heterocycles. The van der Waals surface area contributed by atoms with E-state index in [4.69, 9.17) is 20.5 Å². The molecule has 0 saturated carbocycles. The van der Waals surface area contributed by atoms with Crippen molar-refractivity contribution in [2.45, 2.75) is 4.90 Å². The second-order valence-corrected chi connectivity index (χ2v) is 11.1. The average molecular weight is 566 g/mol. The molecule has 7 nitrogen and oxygen atoms in total. The molecule has 10 heteroatoms. The van der Waals surface area contributed by atoms with E-state index in [9.17, 15) is 18.0 Å². The van der Waals surface area contributed by atoms with Gasteiger partial charge in [0.1, 0.15) is 23.0 Å². The van der Waals surface area contributed by atoms with E-state index in [0.717, 1.165) is 27.4 Å². The topological polar surface area (TPSA) is 90.0 Å². The van der Waals surface area contributed by atoms with E-state index in [2.05, 4.69) is 0 Å². The van der Waals surface area contributed by atoms with Gasteiger partial charge in [0.2, 0.25) is 0 Å². The number of rotatable bonds is 8. The fraction of sp³-hybridized carbons (Fsp3) is 0.0714. The van der Waals surface area contributed by atoms with Crippen molar-refractivity contribution < 1.29 is 26.9 Å². The highest BCUT2D eigenvalue weighted by atomic mass is 35.5. The lowest BCUT2D eigenvalue weighted by molar-refractivity contribution is -0.123. The Labute approximate surface area is 228 Å². The molecule has 0 N–H and O–H groups in total. The Hall–Kier alpha value is -3.79. The first kappa shape index (κ1) is 25.8. The lowest BCUT2D eigenvalue weighted by Gasteiger charge is -2.14. The Morgan fingerprint density at radius 1 is 0.842 bits per heavy atom. The molecule has 0 bridgehead atoms. The highest BCUT2D eigenvalue weighted by molar-refractivity contribution is 8.18. The summed E-state index contributed by atoms with van der Waals surface area (Å²) >= 11 is 6.84. The maximum atomic E-state index is 13.1. The summed E-state index contributed by atoms with van der Waals surface area (Å²) in [7, 11) is -4.16. The third kappa shape index (κ3) is 5.55. The second-order valence-electron chi connectivity index (χ2n) is 8.20. The van der Waals surface area contributed by atoms with Crippen LogP contribution in [0.1, 0.15) is 5.56 Å². The Bertz CT molecular complexity index is 1690. The first-order valence-corrected chi connectivity index (χ1v) is 14.1. The summed E-state index contributed by atoms with van der Waals surface area (Å²) in [5.74, 6) is -0.0140. The normalized spacial score (nSPS) is 14.9. The summed E-state index contributed by atoms with van der Waals surface area (Å²) in [5.41, 5.74) is 0.342. The third-order valence-electron chi connectivity index (χ3n) is 5.70. The number of benzene rings is 4. The fourth-order valence-corrected chi connectivity index (χ4v) is 5.84. The summed E-state index contributed by atoms with van der Waals surface area (Å²) in [6, 6.07) is 25.5. The van der Waals surface area contributed by atoms with Gasteiger partial charge in [0.25, 0.3) is 11.1 Å². The van der Waals surface area contributed by atoms with Crippen molar-refractivity contribution in [1.29, 1.82) is 0 Å². The molecule has 4 aromatic carbocycles. The van der Waals surface area contributed by atoms with E-state index in [-0.39, 0.29) is 28.7 Å². The molecule has 2 amide bonds. The van der Waals surface area contributed by atoms with E-state index in [1.165, 1.54) is 18.2 Å². The van der Waals surface area contributed by atoms with Crippen LogP contribution in [0.3, 0.4) is 0 Å². The number of amides is 2. The van der Waals surface area contributed by atoms with Gasteiger partial charge in [-0.2, -0.15) is 8.42 Å². The van der Waals surface area contributed by atoms with Crippen molar-refractivity contribution >= 4 is 61.5 Å². The Morgan fingerprint density at radius 3 is 2.32 bits per heavy atom. The van der Waals surface area contributed by atoms with Crippen LogP contribution in [-0.4, -0.2) is 37.6 Å². The number of carbonyl (C=O) groups is 2. The molecule has 0 aromatic heterocycles. The van der Waals surface area contributed by atoms with Gasteiger partial charge in [0, 0.05) is 5.56 Å². The number of carbonyl (C=O) groups excluding carboxylic acids is 2. The van der Waals surface area contributed by atoms with Gasteiger partial charge in [-0.05, 0) is 58.9 Å². The van der Waals surface area contributed by atoms with Crippen LogP contribution in [0.15, 0.2) is 101 Å². The first-order valence-electron chi connectivity index (χ1n) is 11.5. The quantitative estimate of drug-likeness (QED) is 0.181. The Morgan fingerprint density at radius 2 is 1.53 bits per heavy atom. The van der Waals surface area contributed by atoms with Gasteiger partial charge in [-0.1, -0.05) is 72.3 Å². The van der Waals surface area contributed by atoms with Crippen molar-refractivity contribution in [3.8, 4) is 11.5 Å². The number of ether oxygens (including phenoxy) is 1. The van der Waals surface area contributed by atoms with E-state index < -0.39 is 21.3 Å². The van der Waals surface area contributed by atoms with Crippen molar-refractivity contribution in [3.63, 3.8) is 0 Å². The van der Waals surface area contributed by atoms with Crippen LogP contribution >= 0.6 is 23.4 Å². The van der Waals surface area contributed by atoms with Crippen LogP contribution in [0.25, 0.3) is 16.8 Å². The lowest BCUT2D eigenvalue weighted by atomic mass is 10.1. The smallest absolute Gasteiger partial charge is 0.339 e. The summed E-state index contributed by atoms with van der Waals surface area (Å²) in [5, 5.41) is 1.64. The van der Waals surface area contributed by atoms with Crippen molar-refractivity contribution in [2.75, 3.05) is 13.2 Å². The predicted octanol–water partition coefficient (Wildman–Crippen LogP) is 6.38. The number of hydrogen-bond acceptors (Lipinski definition) is 7. The maximum Gasteiger partial charge on any atom is 0.339 e. The molecule has 0 unspecified atom stereocenters. The fourth-order valence-electron chi connectivity index (χ4n) is 3.81. The SMILES string of the molecule is O=C1S/C(=C\c2ccccc2OS(=O)(=O)c2ccc3ccccc3c2)C(=O)N1CCOc1ccccc1Cl. The van der Waals surface area contributed by atoms with E-state index in [1.54, 1.807) is 54.6 Å². The Kier molecular flexibility index (Phi) is 7.42. The van der Waals surface area contributed by atoms with Gasteiger partial charge in [-0.3, -0.25) is 14.5 Å². The number of imide groups is 1. The monoisotopic (exact) mass is 565 g/mol. The molecule has 1 fully saturated rings. The number of para-hydroxylation sites is 2.